The first-order valence-electron chi connectivity index (χ1n) is 9.21. The van der Waals surface area contributed by atoms with Gasteiger partial charge in [0.2, 0.25) is 17.6 Å². The molecule has 2 aromatic carbocycles. The van der Waals surface area contributed by atoms with Gasteiger partial charge in [-0.3, -0.25) is 4.79 Å². The van der Waals surface area contributed by atoms with Crippen LogP contribution in [0.1, 0.15) is 40.5 Å². The van der Waals surface area contributed by atoms with Gasteiger partial charge in [-0.2, -0.15) is 4.98 Å². The maximum atomic E-state index is 12.7. The van der Waals surface area contributed by atoms with Crippen molar-refractivity contribution in [2.24, 2.45) is 0 Å². The maximum absolute atomic E-state index is 12.7. The van der Waals surface area contributed by atoms with Crippen molar-refractivity contribution < 1.29 is 9.32 Å². The fourth-order valence-corrected chi connectivity index (χ4v) is 3.91. The SMILES string of the molecule is Cc1ccc(-c2noc(C3CC(=O)N(c4c(C)cc(C)cc4C)C3)n2)cc1. The summed E-state index contributed by atoms with van der Waals surface area (Å²) in [7, 11) is 0. The lowest BCUT2D eigenvalue weighted by molar-refractivity contribution is -0.117. The van der Waals surface area contributed by atoms with E-state index in [0.717, 1.165) is 22.4 Å². The number of aryl methyl sites for hydroxylation is 4. The molecular formula is C22H23N3O2. The lowest BCUT2D eigenvalue weighted by atomic mass is 10.0. The van der Waals surface area contributed by atoms with E-state index in [1.165, 1.54) is 11.1 Å². The van der Waals surface area contributed by atoms with Crippen LogP contribution in [0.4, 0.5) is 5.69 Å². The largest absolute Gasteiger partial charge is 0.339 e. The fourth-order valence-electron chi connectivity index (χ4n) is 3.91. The molecule has 3 aromatic rings. The quantitative estimate of drug-likeness (QED) is 0.690. The summed E-state index contributed by atoms with van der Waals surface area (Å²) in [6, 6.07) is 12.2. The summed E-state index contributed by atoms with van der Waals surface area (Å²) in [6.45, 7) is 8.79. The molecule has 4 rings (SSSR count). The molecule has 1 amide bonds. The zero-order chi connectivity index (χ0) is 19.1. The Hall–Kier alpha value is -2.95. The molecule has 0 aliphatic carbocycles. The Kier molecular flexibility index (Phi) is 4.30. The summed E-state index contributed by atoms with van der Waals surface area (Å²) in [5, 5.41) is 4.11. The number of carbonyl (C=O) groups excluding carboxylic acids is 1. The van der Waals surface area contributed by atoms with E-state index < -0.39 is 0 Å². The van der Waals surface area contributed by atoms with Crippen LogP contribution in [0.25, 0.3) is 11.4 Å². The molecule has 138 valence electrons. The molecule has 1 aliphatic heterocycles. The van der Waals surface area contributed by atoms with Gasteiger partial charge in [0.15, 0.2) is 0 Å². The summed E-state index contributed by atoms with van der Waals surface area (Å²) in [4.78, 5) is 19.1. The predicted molar refractivity (Wildman–Crippen MR) is 105 cm³/mol. The Morgan fingerprint density at radius 2 is 1.67 bits per heavy atom. The molecule has 0 bridgehead atoms. The second kappa shape index (κ2) is 6.65. The minimum absolute atomic E-state index is 0.0794. The van der Waals surface area contributed by atoms with Gasteiger partial charge >= 0.3 is 0 Å². The molecule has 1 atom stereocenters. The van der Waals surface area contributed by atoms with Crippen molar-refractivity contribution in [1.82, 2.24) is 10.1 Å². The summed E-state index contributed by atoms with van der Waals surface area (Å²) in [6.07, 6.45) is 0.391. The molecule has 5 nitrogen and oxygen atoms in total. The molecule has 0 N–H and O–H groups in total. The van der Waals surface area contributed by atoms with Gasteiger partial charge in [-0.05, 0) is 38.8 Å². The molecule has 1 aliphatic rings. The number of anilines is 1. The standard InChI is InChI=1S/C22H23N3O2/c1-13-5-7-17(8-6-13)21-23-22(27-24-21)18-11-19(26)25(12-18)20-15(3)9-14(2)10-16(20)4/h5-10,18H,11-12H2,1-4H3. The first-order chi connectivity index (χ1) is 12.9. The van der Waals surface area contributed by atoms with Gasteiger partial charge in [-0.15, -0.1) is 0 Å². The van der Waals surface area contributed by atoms with E-state index in [9.17, 15) is 4.79 Å². The van der Waals surface area contributed by atoms with Crippen LogP contribution in [0.15, 0.2) is 40.9 Å². The van der Waals surface area contributed by atoms with Gasteiger partial charge in [0.05, 0.1) is 5.92 Å². The summed E-state index contributed by atoms with van der Waals surface area (Å²) in [5.41, 5.74) is 6.55. The smallest absolute Gasteiger partial charge is 0.232 e. The van der Waals surface area contributed by atoms with Gasteiger partial charge in [0.25, 0.3) is 0 Å². The number of benzene rings is 2. The van der Waals surface area contributed by atoms with Crippen LogP contribution in [0, 0.1) is 27.7 Å². The van der Waals surface area contributed by atoms with Crippen molar-refractivity contribution >= 4 is 11.6 Å². The summed E-state index contributed by atoms with van der Waals surface area (Å²) < 4.78 is 5.51. The van der Waals surface area contributed by atoms with Crippen molar-refractivity contribution in [3.05, 3.63) is 64.5 Å². The third-order valence-corrected chi connectivity index (χ3v) is 5.13. The molecule has 1 fully saturated rings. The highest BCUT2D eigenvalue weighted by atomic mass is 16.5. The average molecular weight is 361 g/mol. The predicted octanol–water partition coefficient (Wildman–Crippen LogP) is 4.49. The van der Waals surface area contributed by atoms with Gasteiger partial charge in [-0.25, -0.2) is 0 Å². The molecule has 0 saturated carbocycles. The Bertz CT molecular complexity index is 982. The molecule has 1 unspecified atom stereocenters. The molecule has 2 heterocycles. The number of hydrogen-bond acceptors (Lipinski definition) is 4. The monoisotopic (exact) mass is 361 g/mol. The number of carbonyl (C=O) groups is 1. The van der Waals surface area contributed by atoms with Crippen LogP contribution >= 0.6 is 0 Å². The molecule has 5 heteroatoms. The van der Waals surface area contributed by atoms with Gasteiger partial charge < -0.3 is 9.42 Å². The Balaban J connectivity index is 1.59. The summed E-state index contributed by atoms with van der Waals surface area (Å²) in [5.74, 6) is 1.12. The van der Waals surface area contributed by atoms with Crippen LogP contribution in [0.3, 0.4) is 0 Å². The van der Waals surface area contributed by atoms with Crippen LogP contribution in [0.5, 0.6) is 0 Å². The van der Waals surface area contributed by atoms with E-state index in [-0.39, 0.29) is 11.8 Å². The van der Waals surface area contributed by atoms with Crippen molar-refractivity contribution in [1.29, 1.82) is 0 Å². The molecule has 1 saturated heterocycles. The van der Waals surface area contributed by atoms with E-state index in [2.05, 4.69) is 43.0 Å². The first-order valence-corrected chi connectivity index (χ1v) is 9.21. The Morgan fingerprint density at radius 3 is 2.33 bits per heavy atom. The molecular weight excluding hydrogens is 338 g/mol. The molecule has 1 aromatic heterocycles. The zero-order valence-electron chi connectivity index (χ0n) is 16.1. The van der Waals surface area contributed by atoms with Gasteiger partial charge in [0, 0.05) is 24.2 Å². The number of rotatable bonds is 3. The van der Waals surface area contributed by atoms with Crippen molar-refractivity contribution in [3.63, 3.8) is 0 Å². The van der Waals surface area contributed by atoms with Crippen LogP contribution in [-0.2, 0) is 4.79 Å². The normalized spacial score (nSPS) is 17.0. The van der Waals surface area contributed by atoms with Crippen molar-refractivity contribution in [2.45, 2.75) is 40.0 Å². The minimum atomic E-state index is -0.0794. The third kappa shape index (κ3) is 3.25. The molecule has 0 spiro atoms. The highest BCUT2D eigenvalue weighted by Crippen LogP contribution is 2.35. The van der Waals surface area contributed by atoms with Crippen molar-refractivity contribution in [2.75, 3.05) is 11.4 Å². The fraction of sp³-hybridized carbons (Fsp3) is 0.318. The Morgan fingerprint density at radius 1 is 1.00 bits per heavy atom. The number of amides is 1. The van der Waals surface area contributed by atoms with Crippen LogP contribution in [0.2, 0.25) is 0 Å². The number of nitrogens with zero attached hydrogens (tertiary/aromatic N) is 3. The van der Waals surface area contributed by atoms with Gasteiger partial charge in [0.1, 0.15) is 0 Å². The Labute approximate surface area is 159 Å². The van der Waals surface area contributed by atoms with E-state index in [1.54, 1.807) is 0 Å². The first kappa shape index (κ1) is 17.5. The highest BCUT2D eigenvalue weighted by molar-refractivity contribution is 5.97. The second-order valence-corrected chi connectivity index (χ2v) is 7.47. The van der Waals surface area contributed by atoms with Crippen LogP contribution < -0.4 is 4.90 Å². The average Bonchev–Trinajstić information content (AvgIpc) is 3.22. The lowest BCUT2D eigenvalue weighted by Gasteiger charge is -2.21. The van der Waals surface area contributed by atoms with Crippen molar-refractivity contribution in [3.8, 4) is 11.4 Å². The lowest BCUT2D eigenvalue weighted by Crippen LogP contribution is -2.26. The van der Waals surface area contributed by atoms with E-state index >= 15 is 0 Å². The number of hydrogen-bond donors (Lipinski definition) is 0. The topological polar surface area (TPSA) is 59.2 Å². The molecule has 27 heavy (non-hydrogen) atoms. The van der Waals surface area contributed by atoms with E-state index in [1.807, 2.05) is 36.1 Å². The van der Waals surface area contributed by atoms with Gasteiger partial charge in [-0.1, -0.05) is 52.7 Å². The zero-order valence-corrected chi connectivity index (χ0v) is 16.1. The van der Waals surface area contributed by atoms with E-state index in [0.29, 0.717) is 24.7 Å². The number of aromatic nitrogens is 2. The third-order valence-electron chi connectivity index (χ3n) is 5.13. The summed E-state index contributed by atoms with van der Waals surface area (Å²) >= 11 is 0. The highest BCUT2D eigenvalue weighted by Gasteiger charge is 2.36. The van der Waals surface area contributed by atoms with E-state index in [4.69, 9.17) is 4.52 Å². The second-order valence-electron chi connectivity index (χ2n) is 7.47. The maximum Gasteiger partial charge on any atom is 0.232 e. The minimum Gasteiger partial charge on any atom is -0.339 e. The van der Waals surface area contributed by atoms with Crippen LogP contribution in [-0.4, -0.2) is 22.6 Å². The molecule has 0 radical (unpaired) electrons.